The first-order valence-corrected chi connectivity index (χ1v) is 7.04. The molecule has 0 aliphatic heterocycles. The van der Waals surface area contributed by atoms with Gasteiger partial charge >= 0.3 is 0 Å². The summed E-state index contributed by atoms with van der Waals surface area (Å²) in [5, 5.41) is 3.47. The van der Waals surface area contributed by atoms with Crippen LogP contribution in [0.5, 0.6) is 0 Å². The van der Waals surface area contributed by atoms with Crippen LogP contribution in [0.4, 0.5) is 0 Å². The van der Waals surface area contributed by atoms with E-state index in [0.717, 1.165) is 23.9 Å². The lowest BCUT2D eigenvalue weighted by Gasteiger charge is -2.26. The van der Waals surface area contributed by atoms with E-state index < -0.39 is 0 Å². The maximum Gasteiger partial charge on any atom is 0.172 e. The first-order chi connectivity index (χ1) is 8.71. The van der Waals surface area contributed by atoms with Crippen molar-refractivity contribution in [1.82, 2.24) is 5.32 Å². The van der Waals surface area contributed by atoms with Crippen LogP contribution in [0.15, 0.2) is 28.7 Å². The molecule has 1 atom stereocenters. The first-order valence-electron chi connectivity index (χ1n) is 6.24. The van der Waals surface area contributed by atoms with Crippen molar-refractivity contribution in [3.63, 3.8) is 0 Å². The van der Waals surface area contributed by atoms with Crippen molar-refractivity contribution < 1.29 is 9.47 Å². The predicted octanol–water partition coefficient (Wildman–Crippen LogP) is 2.98. The molecule has 0 aliphatic rings. The largest absolute Gasteiger partial charge is 0.354 e. The highest BCUT2D eigenvalue weighted by Gasteiger charge is 2.20. The summed E-state index contributed by atoms with van der Waals surface area (Å²) < 4.78 is 11.8. The van der Waals surface area contributed by atoms with Gasteiger partial charge in [0.1, 0.15) is 0 Å². The zero-order valence-corrected chi connectivity index (χ0v) is 12.9. The molecular weight excluding hydrogens is 294 g/mol. The third-order valence-electron chi connectivity index (χ3n) is 2.79. The molecule has 18 heavy (non-hydrogen) atoms. The van der Waals surface area contributed by atoms with Crippen molar-refractivity contribution >= 4 is 15.9 Å². The lowest BCUT2D eigenvalue weighted by Crippen LogP contribution is -2.44. The van der Waals surface area contributed by atoms with Gasteiger partial charge in [-0.15, -0.1) is 0 Å². The Hall–Kier alpha value is -0.420. The lowest BCUT2D eigenvalue weighted by molar-refractivity contribution is -0.122. The first kappa shape index (κ1) is 15.6. The highest BCUT2D eigenvalue weighted by atomic mass is 79.9. The van der Waals surface area contributed by atoms with Crippen LogP contribution in [0.25, 0.3) is 0 Å². The summed E-state index contributed by atoms with van der Waals surface area (Å²) in [7, 11) is 3.35. The van der Waals surface area contributed by atoms with Gasteiger partial charge in [-0.1, -0.05) is 35.0 Å². The van der Waals surface area contributed by atoms with E-state index in [0.29, 0.717) is 0 Å². The second-order valence-corrected chi connectivity index (χ2v) is 5.15. The van der Waals surface area contributed by atoms with E-state index in [-0.39, 0.29) is 12.3 Å². The maximum atomic E-state index is 5.36. The van der Waals surface area contributed by atoms with Gasteiger partial charge in [-0.25, -0.2) is 0 Å². The summed E-state index contributed by atoms with van der Waals surface area (Å²) in [4.78, 5) is 0. The molecule has 1 N–H and O–H groups in total. The Morgan fingerprint density at radius 2 is 2.00 bits per heavy atom. The Labute approximate surface area is 118 Å². The summed E-state index contributed by atoms with van der Waals surface area (Å²) in [6.45, 7) is 3.11. The fraction of sp³-hybridized carbons (Fsp3) is 0.571. The van der Waals surface area contributed by atoms with Crippen LogP contribution in [0, 0.1) is 0 Å². The Morgan fingerprint density at radius 1 is 1.28 bits per heavy atom. The fourth-order valence-electron chi connectivity index (χ4n) is 1.94. The quantitative estimate of drug-likeness (QED) is 0.748. The molecule has 0 radical (unpaired) electrons. The average Bonchev–Trinajstić information content (AvgIpc) is 2.37. The Balaban J connectivity index is 2.70. The number of hydrogen-bond acceptors (Lipinski definition) is 3. The zero-order valence-electron chi connectivity index (χ0n) is 11.3. The third kappa shape index (κ3) is 5.06. The Morgan fingerprint density at radius 3 is 2.56 bits per heavy atom. The molecule has 0 spiro atoms. The van der Waals surface area contributed by atoms with Crippen molar-refractivity contribution in [3.8, 4) is 0 Å². The minimum Gasteiger partial charge on any atom is -0.354 e. The number of hydrogen-bond donors (Lipinski definition) is 1. The SMILES string of the molecule is CCCNC(Cc1cccc(Br)c1)C(OC)OC. The molecule has 1 unspecified atom stereocenters. The molecule has 3 nitrogen and oxygen atoms in total. The normalized spacial score (nSPS) is 12.9. The van der Waals surface area contributed by atoms with E-state index in [1.54, 1.807) is 14.2 Å². The molecule has 0 saturated carbocycles. The number of benzene rings is 1. The molecule has 1 aromatic carbocycles. The molecule has 0 fully saturated rings. The van der Waals surface area contributed by atoms with E-state index in [9.17, 15) is 0 Å². The number of halogens is 1. The zero-order chi connectivity index (χ0) is 13.4. The number of nitrogens with one attached hydrogen (secondary N) is 1. The highest BCUT2D eigenvalue weighted by molar-refractivity contribution is 9.10. The molecule has 0 aliphatic carbocycles. The minimum absolute atomic E-state index is 0.161. The molecule has 0 heterocycles. The highest BCUT2D eigenvalue weighted by Crippen LogP contribution is 2.15. The molecule has 1 aromatic rings. The number of rotatable bonds is 8. The fourth-order valence-corrected chi connectivity index (χ4v) is 2.38. The second-order valence-electron chi connectivity index (χ2n) is 4.23. The van der Waals surface area contributed by atoms with Crippen LogP contribution in [0.1, 0.15) is 18.9 Å². The van der Waals surface area contributed by atoms with E-state index in [4.69, 9.17) is 9.47 Å². The van der Waals surface area contributed by atoms with Crippen molar-refractivity contribution in [2.45, 2.75) is 32.1 Å². The van der Waals surface area contributed by atoms with Crippen LogP contribution >= 0.6 is 15.9 Å². The molecule has 1 rings (SSSR count). The van der Waals surface area contributed by atoms with Gasteiger partial charge in [0.25, 0.3) is 0 Å². The van der Waals surface area contributed by atoms with Gasteiger partial charge in [-0.2, -0.15) is 0 Å². The van der Waals surface area contributed by atoms with Crippen LogP contribution in [0.2, 0.25) is 0 Å². The second kappa shape index (κ2) is 8.64. The molecule has 0 bridgehead atoms. The molecule has 4 heteroatoms. The third-order valence-corrected chi connectivity index (χ3v) is 3.29. The maximum absolute atomic E-state index is 5.36. The molecule has 102 valence electrons. The lowest BCUT2D eigenvalue weighted by atomic mass is 10.1. The Bertz CT molecular complexity index is 342. The van der Waals surface area contributed by atoms with Crippen molar-refractivity contribution in [3.05, 3.63) is 34.3 Å². The van der Waals surface area contributed by atoms with E-state index in [1.807, 2.05) is 12.1 Å². The van der Waals surface area contributed by atoms with Gasteiger partial charge in [0.05, 0.1) is 6.04 Å². The van der Waals surface area contributed by atoms with Crippen LogP contribution in [0.3, 0.4) is 0 Å². The molecular formula is C14H22BrNO2. The van der Waals surface area contributed by atoms with Gasteiger partial charge < -0.3 is 14.8 Å². The van der Waals surface area contributed by atoms with E-state index >= 15 is 0 Å². The predicted molar refractivity (Wildman–Crippen MR) is 77.7 cm³/mol. The molecule has 0 saturated heterocycles. The van der Waals surface area contributed by atoms with Gasteiger partial charge in [0, 0.05) is 18.7 Å². The van der Waals surface area contributed by atoms with Crippen molar-refractivity contribution in [2.75, 3.05) is 20.8 Å². The van der Waals surface area contributed by atoms with Crippen molar-refractivity contribution in [1.29, 1.82) is 0 Å². The summed E-state index contributed by atoms with van der Waals surface area (Å²) >= 11 is 3.49. The van der Waals surface area contributed by atoms with Gasteiger partial charge in [-0.3, -0.25) is 0 Å². The van der Waals surface area contributed by atoms with Gasteiger partial charge in [-0.05, 0) is 37.1 Å². The van der Waals surface area contributed by atoms with Crippen LogP contribution in [-0.4, -0.2) is 33.1 Å². The van der Waals surface area contributed by atoms with E-state index in [2.05, 4.69) is 40.3 Å². The van der Waals surface area contributed by atoms with Gasteiger partial charge in [0.15, 0.2) is 6.29 Å². The van der Waals surface area contributed by atoms with E-state index in [1.165, 1.54) is 5.56 Å². The smallest absolute Gasteiger partial charge is 0.172 e. The van der Waals surface area contributed by atoms with Crippen LogP contribution < -0.4 is 5.32 Å². The monoisotopic (exact) mass is 315 g/mol. The average molecular weight is 316 g/mol. The standard InChI is InChI=1S/C14H22BrNO2/c1-4-8-16-13(14(17-2)18-3)10-11-6-5-7-12(15)9-11/h5-7,9,13-14,16H,4,8,10H2,1-3H3. The summed E-state index contributed by atoms with van der Waals surface area (Å²) in [6, 6.07) is 8.48. The topological polar surface area (TPSA) is 30.5 Å². The number of ether oxygens (including phenoxy) is 2. The Kier molecular flexibility index (Phi) is 7.51. The molecule has 0 aromatic heterocycles. The summed E-state index contributed by atoms with van der Waals surface area (Å²) in [6.07, 6.45) is 1.75. The van der Waals surface area contributed by atoms with Crippen molar-refractivity contribution in [2.24, 2.45) is 0 Å². The summed E-state index contributed by atoms with van der Waals surface area (Å²) in [5.74, 6) is 0. The van der Waals surface area contributed by atoms with Crippen LogP contribution in [-0.2, 0) is 15.9 Å². The molecule has 0 amide bonds. The summed E-state index contributed by atoms with van der Waals surface area (Å²) in [5.41, 5.74) is 1.26. The minimum atomic E-state index is -0.226. The van der Waals surface area contributed by atoms with Gasteiger partial charge in [0.2, 0.25) is 0 Å². The number of methoxy groups -OCH3 is 2.